The molecule has 1 fully saturated rings. The molecule has 10 heteroatoms. The Balaban J connectivity index is 1.13. The van der Waals surface area contributed by atoms with E-state index in [1.807, 2.05) is 55.5 Å². The standard InChI is InChI=1S/C36H35N5O5/c1-3-24-8-4-5-9-29(24)36(45)40-20-6-10-30(40)34(44)39-27-16-12-26(13-17-27)35-38-22-32(46-35)25-14-18-28(19-15-25)41(23(2)42)21-7-11-31(41)33(37)43/h4-6,8-10,12-19,22,30-31H,3,7,11,20-21H2,1-2H3,(H2-,37,38,39,43,44)/p+1/t30-,31-,41?/m0/s1. The molecule has 0 aliphatic carbocycles. The van der Waals surface area contributed by atoms with Crippen molar-refractivity contribution in [2.75, 3.05) is 18.4 Å². The Morgan fingerprint density at radius 1 is 1.00 bits per heavy atom. The Hall–Kier alpha value is -5.35. The lowest BCUT2D eigenvalue weighted by Gasteiger charge is -2.34. The van der Waals surface area contributed by atoms with Crippen LogP contribution >= 0.6 is 0 Å². The van der Waals surface area contributed by atoms with Gasteiger partial charge in [0.1, 0.15) is 11.7 Å². The molecule has 3 heterocycles. The number of nitrogens with zero attached hydrogens (tertiary/aromatic N) is 3. The fourth-order valence-corrected chi connectivity index (χ4v) is 6.63. The van der Waals surface area contributed by atoms with Gasteiger partial charge in [0.2, 0.25) is 5.89 Å². The normalized spacial score (nSPS) is 20.5. The molecule has 1 saturated heterocycles. The van der Waals surface area contributed by atoms with Gasteiger partial charge in [-0.1, -0.05) is 37.3 Å². The number of nitrogens with two attached hydrogens (primary N) is 1. The zero-order chi connectivity index (χ0) is 32.4. The van der Waals surface area contributed by atoms with E-state index in [1.165, 1.54) is 6.92 Å². The first-order valence-corrected chi connectivity index (χ1v) is 15.4. The lowest BCUT2D eigenvalue weighted by molar-refractivity contribution is -0.134. The number of oxazole rings is 1. The molecule has 1 aromatic heterocycles. The average Bonchev–Trinajstić information content (AvgIpc) is 3.85. The molecule has 10 nitrogen and oxygen atoms in total. The molecular formula is C36H36N5O5+. The highest BCUT2D eigenvalue weighted by molar-refractivity contribution is 6.03. The number of rotatable bonds is 8. The molecule has 2 aliphatic heterocycles. The van der Waals surface area contributed by atoms with E-state index in [1.54, 1.807) is 47.5 Å². The second-order valence-electron chi connectivity index (χ2n) is 11.7. The predicted octanol–water partition coefficient (Wildman–Crippen LogP) is 5.09. The number of aromatic nitrogens is 1. The number of carbonyl (C=O) groups is 4. The summed E-state index contributed by atoms with van der Waals surface area (Å²) in [6, 6.07) is 20.7. The third kappa shape index (κ3) is 5.52. The molecule has 4 amide bonds. The van der Waals surface area contributed by atoms with E-state index < -0.39 is 18.0 Å². The topological polar surface area (TPSA) is 136 Å². The van der Waals surface area contributed by atoms with E-state index >= 15 is 0 Å². The van der Waals surface area contributed by atoms with Crippen molar-refractivity contribution in [3.63, 3.8) is 0 Å². The minimum atomic E-state index is -0.711. The van der Waals surface area contributed by atoms with Gasteiger partial charge in [0, 0.05) is 53.9 Å². The molecule has 1 unspecified atom stereocenters. The second-order valence-corrected chi connectivity index (χ2v) is 11.7. The Morgan fingerprint density at radius 2 is 1.72 bits per heavy atom. The Kier molecular flexibility index (Phi) is 8.38. The zero-order valence-corrected chi connectivity index (χ0v) is 25.8. The van der Waals surface area contributed by atoms with Crippen molar-refractivity contribution >= 4 is 35.0 Å². The maximum Gasteiger partial charge on any atom is 0.316 e. The maximum atomic E-state index is 13.3. The predicted molar refractivity (Wildman–Crippen MR) is 175 cm³/mol. The van der Waals surface area contributed by atoms with E-state index in [2.05, 4.69) is 10.3 Å². The molecule has 234 valence electrons. The highest BCUT2D eigenvalue weighted by Crippen LogP contribution is 2.37. The van der Waals surface area contributed by atoms with Gasteiger partial charge in [-0.2, -0.15) is 0 Å². The fraction of sp³-hybridized carbons (Fsp3) is 0.250. The van der Waals surface area contributed by atoms with Crippen LogP contribution in [0, 0.1) is 0 Å². The third-order valence-corrected chi connectivity index (χ3v) is 9.04. The van der Waals surface area contributed by atoms with Crippen LogP contribution in [-0.2, 0) is 20.8 Å². The molecule has 3 atom stereocenters. The number of nitrogens with one attached hydrogen (secondary N) is 1. The van der Waals surface area contributed by atoms with Crippen molar-refractivity contribution in [1.29, 1.82) is 0 Å². The van der Waals surface area contributed by atoms with Crippen LogP contribution in [0.3, 0.4) is 0 Å². The average molecular weight is 619 g/mol. The quantitative estimate of drug-likeness (QED) is 0.209. The van der Waals surface area contributed by atoms with E-state index in [-0.39, 0.29) is 22.2 Å². The number of carbonyl (C=O) groups excluding carboxylic acids is 4. The second kappa shape index (κ2) is 12.6. The van der Waals surface area contributed by atoms with Gasteiger partial charge < -0.3 is 20.4 Å². The van der Waals surface area contributed by atoms with Crippen LogP contribution in [0.2, 0.25) is 0 Å². The molecule has 6 rings (SSSR count). The smallest absolute Gasteiger partial charge is 0.316 e. The zero-order valence-electron chi connectivity index (χ0n) is 25.8. The van der Waals surface area contributed by atoms with E-state index in [0.29, 0.717) is 42.4 Å². The molecular weight excluding hydrogens is 582 g/mol. The van der Waals surface area contributed by atoms with E-state index in [9.17, 15) is 19.2 Å². The van der Waals surface area contributed by atoms with Gasteiger partial charge in [0.05, 0.1) is 19.7 Å². The van der Waals surface area contributed by atoms with Gasteiger partial charge in [0.15, 0.2) is 11.8 Å². The van der Waals surface area contributed by atoms with Crippen LogP contribution in [0.4, 0.5) is 11.4 Å². The summed E-state index contributed by atoms with van der Waals surface area (Å²) >= 11 is 0. The summed E-state index contributed by atoms with van der Waals surface area (Å²) in [4.78, 5) is 57.5. The Bertz CT molecular complexity index is 1830. The van der Waals surface area contributed by atoms with Gasteiger partial charge in [-0.25, -0.2) is 14.3 Å². The van der Waals surface area contributed by atoms with Gasteiger partial charge in [-0.05, 0) is 54.4 Å². The number of benzene rings is 3. The SMILES string of the molecule is CCc1ccccc1C(=O)N1CC=C[C@H]1C(=O)Nc1ccc(-c2ncc(-c3ccc([N+]4(C(C)=O)CCC[C@H]4C(N)=O)cc3)o2)cc1. The number of quaternary nitrogens is 1. The van der Waals surface area contributed by atoms with Gasteiger partial charge >= 0.3 is 5.91 Å². The summed E-state index contributed by atoms with van der Waals surface area (Å²) in [5.74, 6) is -0.0953. The largest absolute Gasteiger partial charge is 0.436 e. The van der Waals surface area contributed by atoms with Crippen molar-refractivity contribution in [2.45, 2.75) is 45.2 Å². The third-order valence-electron chi connectivity index (χ3n) is 9.04. The van der Waals surface area contributed by atoms with E-state index in [0.717, 1.165) is 35.2 Å². The van der Waals surface area contributed by atoms with E-state index in [4.69, 9.17) is 10.2 Å². The van der Waals surface area contributed by atoms with Crippen LogP contribution in [0.15, 0.2) is 95.6 Å². The maximum absolute atomic E-state index is 13.3. The van der Waals surface area contributed by atoms with Crippen molar-refractivity contribution in [3.05, 3.63) is 102 Å². The molecule has 3 aromatic carbocycles. The summed E-state index contributed by atoms with van der Waals surface area (Å²) in [5, 5.41) is 2.92. The number of primary amides is 1. The Morgan fingerprint density at radius 3 is 2.41 bits per heavy atom. The van der Waals surface area contributed by atoms with Crippen molar-refractivity contribution < 1.29 is 23.6 Å². The van der Waals surface area contributed by atoms with Crippen LogP contribution in [0.1, 0.15) is 42.6 Å². The van der Waals surface area contributed by atoms with Gasteiger partial charge in [-0.3, -0.25) is 14.4 Å². The summed E-state index contributed by atoms with van der Waals surface area (Å²) < 4.78 is 5.99. The van der Waals surface area contributed by atoms with Crippen LogP contribution in [0.5, 0.6) is 0 Å². The molecule has 2 aliphatic rings. The molecule has 4 aromatic rings. The van der Waals surface area contributed by atoms with Crippen molar-refractivity contribution in [3.8, 4) is 22.8 Å². The van der Waals surface area contributed by atoms with Crippen LogP contribution in [-0.4, -0.2) is 58.7 Å². The lowest BCUT2D eigenvalue weighted by atomic mass is 10.0. The summed E-state index contributed by atoms with van der Waals surface area (Å²) in [6.45, 7) is 4.41. The molecule has 3 N–H and O–H groups in total. The van der Waals surface area contributed by atoms with Crippen LogP contribution < -0.4 is 15.5 Å². The molecule has 0 bridgehead atoms. The summed E-state index contributed by atoms with van der Waals surface area (Å²) in [5.41, 5.74) is 10.0. The number of aryl methyl sites for hydroxylation is 1. The number of hydrogen-bond acceptors (Lipinski definition) is 6. The minimum Gasteiger partial charge on any atom is -0.436 e. The van der Waals surface area contributed by atoms with Gasteiger partial charge in [0.25, 0.3) is 17.7 Å². The molecule has 0 spiro atoms. The molecule has 46 heavy (non-hydrogen) atoms. The summed E-state index contributed by atoms with van der Waals surface area (Å²) in [7, 11) is 0. The highest BCUT2D eigenvalue weighted by Gasteiger charge is 2.51. The first-order valence-electron chi connectivity index (χ1n) is 15.4. The number of amides is 4. The number of hydrogen-bond donors (Lipinski definition) is 2. The number of likely N-dealkylation sites (tertiary alicyclic amines) is 1. The van der Waals surface area contributed by atoms with Crippen molar-refractivity contribution in [1.82, 2.24) is 14.4 Å². The minimum absolute atomic E-state index is 0.0711. The highest BCUT2D eigenvalue weighted by atomic mass is 16.4. The van der Waals surface area contributed by atoms with Crippen molar-refractivity contribution in [2.24, 2.45) is 5.73 Å². The summed E-state index contributed by atoms with van der Waals surface area (Å²) in [6.07, 6.45) is 7.26. The fourth-order valence-electron chi connectivity index (χ4n) is 6.63. The van der Waals surface area contributed by atoms with Crippen LogP contribution in [0.25, 0.3) is 22.8 Å². The molecule has 0 radical (unpaired) electrons. The first kappa shape index (κ1) is 30.7. The van der Waals surface area contributed by atoms with Gasteiger partial charge in [-0.15, -0.1) is 0 Å². The monoisotopic (exact) mass is 618 g/mol. The number of anilines is 1. The Labute approximate surface area is 267 Å². The molecule has 0 saturated carbocycles. The lowest BCUT2D eigenvalue weighted by Crippen LogP contribution is -2.60. The first-order chi connectivity index (χ1) is 22.2.